The average molecular weight is 483 g/mol. The SMILES string of the molecule is CN(C)CC1=C(OCc2cccnc2)C=CC2C(CCC3CCN(CC4OCCO4)CC3)=NOC12. The van der Waals surface area contributed by atoms with E-state index in [0.29, 0.717) is 6.61 Å². The van der Waals surface area contributed by atoms with Crippen LogP contribution in [0.1, 0.15) is 31.2 Å². The highest BCUT2D eigenvalue weighted by Crippen LogP contribution is 2.35. The summed E-state index contributed by atoms with van der Waals surface area (Å²) in [6.45, 7) is 5.87. The molecule has 0 radical (unpaired) electrons. The van der Waals surface area contributed by atoms with Gasteiger partial charge in [-0.3, -0.25) is 9.88 Å². The van der Waals surface area contributed by atoms with Gasteiger partial charge in [-0.25, -0.2) is 0 Å². The summed E-state index contributed by atoms with van der Waals surface area (Å²) >= 11 is 0. The molecular weight excluding hydrogens is 444 g/mol. The van der Waals surface area contributed by atoms with Crippen LogP contribution in [0.25, 0.3) is 0 Å². The van der Waals surface area contributed by atoms with Crippen molar-refractivity contribution in [2.24, 2.45) is 17.0 Å². The third-order valence-corrected chi connectivity index (χ3v) is 7.33. The maximum Gasteiger partial charge on any atom is 0.170 e. The minimum atomic E-state index is -0.0745. The zero-order valence-corrected chi connectivity index (χ0v) is 21.0. The number of hydrogen-bond donors (Lipinski definition) is 0. The van der Waals surface area contributed by atoms with Gasteiger partial charge >= 0.3 is 0 Å². The van der Waals surface area contributed by atoms with E-state index in [1.54, 1.807) is 6.20 Å². The van der Waals surface area contributed by atoms with Gasteiger partial charge in [0.15, 0.2) is 12.4 Å². The molecule has 4 aliphatic rings. The lowest BCUT2D eigenvalue weighted by atomic mass is 9.83. The van der Waals surface area contributed by atoms with Crippen molar-refractivity contribution in [3.8, 4) is 0 Å². The topological polar surface area (TPSA) is 68.7 Å². The monoisotopic (exact) mass is 482 g/mol. The quantitative estimate of drug-likeness (QED) is 0.507. The lowest BCUT2D eigenvalue weighted by Crippen LogP contribution is -2.39. The molecule has 0 N–H and O–H groups in total. The van der Waals surface area contributed by atoms with Crippen LogP contribution in [0, 0.1) is 11.8 Å². The summed E-state index contributed by atoms with van der Waals surface area (Å²) in [5, 5.41) is 4.56. The lowest BCUT2D eigenvalue weighted by Gasteiger charge is -2.33. The van der Waals surface area contributed by atoms with Crippen LogP contribution in [-0.2, 0) is 25.7 Å². The second kappa shape index (κ2) is 11.6. The molecule has 2 unspecified atom stereocenters. The number of rotatable bonds is 10. The van der Waals surface area contributed by atoms with E-state index >= 15 is 0 Å². The Labute approximate surface area is 208 Å². The Hall–Kier alpha value is -2.26. The van der Waals surface area contributed by atoms with Gasteiger partial charge in [0.25, 0.3) is 0 Å². The average Bonchev–Trinajstić information content (AvgIpc) is 3.53. The van der Waals surface area contributed by atoms with Crippen LogP contribution in [0.2, 0.25) is 0 Å². The normalized spacial score (nSPS) is 25.7. The van der Waals surface area contributed by atoms with Crippen LogP contribution in [0.4, 0.5) is 0 Å². The predicted octanol–water partition coefficient (Wildman–Crippen LogP) is 3.22. The highest BCUT2D eigenvalue weighted by atomic mass is 16.7. The van der Waals surface area contributed by atoms with Crippen molar-refractivity contribution in [3.05, 3.63) is 53.6 Å². The van der Waals surface area contributed by atoms with E-state index in [-0.39, 0.29) is 18.3 Å². The molecule has 0 aromatic carbocycles. The van der Waals surface area contributed by atoms with Crippen molar-refractivity contribution in [2.75, 3.05) is 53.5 Å². The molecule has 3 aliphatic heterocycles. The first-order valence-electron chi connectivity index (χ1n) is 12.9. The predicted molar refractivity (Wildman–Crippen MR) is 134 cm³/mol. The van der Waals surface area contributed by atoms with Gasteiger partial charge in [-0.15, -0.1) is 0 Å². The van der Waals surface area contributed by atoms with Gasteiger partial charge in [-0.05, 0) is 70.9 Å². The fourth-order valence-corrected chi connectivity index (χ4v) is 5.40. The minimum Gasteiger partial charge on any atom is -0.489 e. The Morgan fingerprint density at radius 1 is 1.17 bits per heavy atom. The fourth-order valence-electron chi connectivity index (χ4n) is 5.40. The maximum absolute atomic E-state index is 6.21. The molecule has 8 heteroatoms. The van der Waals surface area contributed by atoms with Crippen LogP contribution >= 0.6 is 0 Å². The van der Waals surface area contributed by atoms with E-state index < -0.39 is 0 Å². The van der Waals surface area contributed by atoms with Crippen LogP contribution in [0.3, 0.4) is 0 Å². The van der Waals surface area contributed by atoms with E-state index in [9.17, 15) is 0 Å². The molecule has 2 atom stereocenters. The summed E-state index contributed by atoms with van der Waals surface area (Å²) < 4.78 is 17.4. The van der Waals surface area contributed by atoms with Crippen LogP contribution in [0.5, 0.6) is 0 Å². The van der Waals surface area contributed by atoms with Gasteiger partial charge < -0.3 is 23.9 Å². The molecule has 1 aromatic rings. The number of pyridine rings is 1. The molecule has 0 spiro atoms. The maximum atomic E-state index is 6.21. The largest absolute Gasteiger partial charge is 0.489 e. The Balaban J connectivity index is 1.13. The number of nitrogens with zero attached hydrogens (tertiary/aromatic N) is 4. The van der Waals surface area contributed by atoms with Gasteiger partial charge in [0.2, 0.25) is 0 Å². The molecule has 4 heterocycles. The third kappa shape index (κ3) is 6.30. The van der Waals surface area contributed by atoms with E-state index in [1.807, 2.05) is 18.3 Å². The fraction of sp³-hybridized carbons (Fsp3) is 0.630. The van der Waals surface area contributed by atoms with Crippen LogP contribution < -0.4 is 0 Å². The van der Waals surface area contributed by atoms with Crippen molar-refractivity contribution in [1.29, 1.82) is 0 Å². The molecule has 1 aliphatic carbocycles. The van der Waals surface area contributed by atoms with E-state index in [0.717, 1.165) is 68.6 Å². The number of hydrogen-bond acceptors (Lipinski definition) is 8. The molecule has 0 amide bonds. The van der Waals surface area contributed by atoms with Gasteiger partial charge in [-0.2, -0.15) is 0 Å². The van der Waals surface area contributed by atoms with Crippen molar-refractivity contribution < 1.29 is 19.0 Å². The number of allylic oxidation sites excluding steroid dienone is 1. The first-order chi connectivity index (χ1) is 17.2. The van der Waals surface area contributed by atoms with Crippen molar-refractivity contribution in [2.45, 2.75) is 44.7 Å². The number of ether oxygens (including phenoxy) is 3. The Morgan fingerprint density at radius 2 is 2.00 bits per heavy atom. The molecule has 2 fully saturated rings. The number of likely N-dealkylation sites (tertiary alicyclic amines) is 1. The lowest BCUT2D eigenvalue weighted by molar-refractivity contribution is -0.0661. The number of likely N-dealkylation sites (N-methyl/N-ethyl adjacent to an activating group) is 1. The summed E-state index contributed by atoms with van der Waals surface area (Å²) in [5.74, 6) is 1.83. The van der Waals surface area contributed by atoms with Gasteiger partial charge in [0.1, 0.15) is 12.4 Å². The summed E-state index contributed by atoms with van der Waals surface area (Å²) in [7, 11) is 4.15. The molecule has 5 rings (SSSR count). The summed E-state index contributed by atoms with van der Waals surface area (Å²) in [6, 6.07) is 3.96. The standard InChI is InChI=1S/C27H38N4O4/c1-30(2)17-23-25(34-19-21-4-3-11-28-16-21)8-6-22-24(29-35-27(22)23)7-5-20-9-12-31(13-10-20)18-26-32-14-15-33-26/h3-4,6,8,11,16,20,22,26-27H,5,7,9-10,12-15,17-19H2,1-2H3. The van der Waals surface area contributed by atoms with Gasteiger partial charge in [-0.1, -0.05) is 17.3 Å². The smallest absolute Gasteiger partial charge is 0.170 e. The third-order valence-electron chi connectivity index (χ3n) is 7.33. The highest BCUT2D eigenvalue weighted by Gasteiger charge is 2.39. The van der Waals surface area contributed by atoms with Gasteiger partial charge in [0.05, 0.1) is 24.8 Å². The summed E-state index contributed by atoms with van der Waals surface area (Å²) in [6.07, 6.45) is 12.5. The highest BCUT2D eigenvalue weighted by molar-refractivity contribution is 5.90. The zero-order chi connectivity index (χ0) is 24.0. The Kier molecular flexibility index (Phi) is 8.13. The molecule has 1 aromatic heterocycles. The summed E-state index contributed by atoms with van der Waals surface area (Å²) in [5.41, 5.74) is 3.39. The van der Waals surface area contributed by atoms with Crippen LogP contribution in [0.15, 0.2) is 53.2 Å². The van der Waals surface area contributed by atoms with Crippen molar-refractivity contribution in [1.82, 2.24) is 14.8 Å². The molecule has 8 nitrogen and oxygen atoms in total. The zero-order valence-electron chi connectivity index (χ0n) is 21.0. The number of fused-ring (bicyclic) bond motifs is 1. The molecule has 190 valence electrons. The molecule has 35 heavy (non-hydrogen) atoms. The second-order valence-electron chi connectivity index (χ2n) is 10.2. The van der Waals surface area contributed by atoms with E-state index in [1.165, 1.54) is 25.0 Å². The molecule has 2 saturated heterocycles. The van der Waals surface area contributed by atoms with E-state index in [4.69, 9.17) is 19.0 Å². The first-order valence-corrected chi connectivity index (χ1v) is 12.9. The van der Waals surface area contributed by atoms with Gasteiger partial charge in [0, 0.05) is 36.6 Å². The second-order valence-corrected chi connectivity index (χ2v) is 10.2. The van der Waals surface area contributed by atoms with Crippen LogP contribution in [-0.4, -0.2) is 86.4 Å². The molecular formula is C27H38N4O4. The molecule has 0 bridgehead atoms. The van der Waals surface area contributed by atoms with E-state index in [2.05, 4.69) is 46.2 Å². The Bertz CT molecular complexity index is 918. The summed E-state index contributed by atoms with van der Waals surface area (Å²) in [4.78, 5) is 14.8. The number of piperidine rings is 1. The van der Waals surface area contributed by atoms with Crippen molar-refractivity contribution in [3.63, 3.8) is 0 Å². The number of aromatic nitrogens is 1. The minimum absolute atomic E-state index is 0.0331. The number of oxime groups is 1. The Morgan fingerprint density at radius 3 is 2.74 bits per heavy atom. The first kappa shape index (κ1) is 24.4. The molecule has 0 saturated carbocycles. The van der Waals surface area contributed by atoms with Crippen molar-refractivity contribution >= 4 is 5.71 Å².